The smallest absolute Gasteiger partial charge is 0.273 e. The van der Waals surface area contributed by atoms with E-state index in [0.29, 0.717) is 18.2 Å². The lowest BCUT2D eigenvalue weighted by Gasteiger charge is -2.34. The molecule has 1 aliphatic heterocycles. The molecule has 128 valence electrons. The Hall–Kier alpha value is -2.06. The van der Waals surface area contributed by atoms with Crippen LogP contribution in [0.5, 0.6) is 5.88 Å². The second-order valence-corrected chi connectivity index (χ2v) is 6.81. The third-order valence-electron chi connectivity index (χ3n) is 3.93. The van der Waals surface area contributed by atoms with Crippen LogP contribution in [-0.4, -0.2) is 70.2 Å². The predicted octanol–water partition coefficient (Wildman–Crippen LogP) is 1.39. The summed E-state index contributed by atoms with van der Waals surface area (Å²) in [6, 6.07) is 3.71. The fourth-order valence-electron chi connectivity index (χ4n) is 2.54. The number of aromatic nitrogens is 3. The Morgan fingerprint density at radius 3 is 2.62 bits per heavy atom. The third kappa shape index (κ3) is 4.27. The molecule has 0 radical (unpaired) electrons. The zero-order valence-electron chi connectivity index (χ0n) is 13.9. The Labute approximate surface area is 145 Å². The maximum Gasteiger partial charge on any atom is 0.273 e. The average Bonchev–Trinajstić information content (AvgIpc) is 3.03. The standard InChI is InChI=1S/C16H21N5O2S/c1-12-3-4-15(19-18-12)23-10-9-20-5-7-21(8-6-20)16(22)14-11-24-13(2)17-14/h3-4,11H,5-10H2,1-2H3. The van der Waals surface area contributed by atoms with Gasteiger partial charge in [-0.25, -0.2) is 4.98 Å². The van der Waals surface area contributed by atoms with Crippen LogP contribution in [0.3, 0.4) is 0 Å². The van der Waals surface area contributed by atoms with Crippen LogP contribution in [-0.2, 0) is 0 Å². The first-order valence-corrected chi connectivity index (χ1v) is 8.86. The molecule has 24 heavy (non-hydrogen) atoms. The highest BCUT2D eigenvalue weighted by molar-refractivity contribution is 7.09. The molecule has 0 atom stereocenters. The van der Waals surface area contributed by atoms with Gasteiger partial charge in [0, 0.05) is 44.2 Å². The molecule has 1 aliphatic rings. The molecule has 1 amide bonds. The van der Waals surface area contributed by atoms with Crippen LogP contribution in [0.1, 0.15) is 21.2 Å². The van der Waals surface area contributed by atoms with E-state index in [-0.39, 0.29) is 5.91 Å². The van der Waals surface area contributed by atoms with Crippen molar-refractivity contribution >= 4 is 17.2 Å². The first-order chi connectivity index (χ1) is 11.6. The van der Waals surface area contributed by atoms with Crippen molar-refractivity contribution in [3.8, 4) is 5.88 Å². The van der Waals surface area contributed by atoms with Gasteiger partial charge < -0.3 is 9.64 Å². The molecule has 7 nitrogen and oxygen atoms in total. The van der Waals surface area contributed by atoms with Gasteiger partial charge in [0.1, 0.15) is 12.3 Å². The van der Waals surface area contributed by atoms with E-state index in [2.05, 4.69) is 20.1 Å². The molecule has 0 saturated carbocycles. The molecule has 3 heterocycles. The number of carbonyl (C=O) groups is 1. The van der Waals surface area contributed by atoms with Crippen molar-refractivity contribution in [3.63, 3.8) is 0 Å². The number of piperazine rings is 1. The Balaban J connectivity index is 1.40. The maximum atomic E-state index is 12.4. The molecular formula is C16H21N5O2S. The van der Waals surface area contributed by atoms with E-state index < -0.39 is 0 Å². The van der Waals surface area contributed by atoms with Crippen LogP contribution in [0.25, 0.3) is 0 Å². The Kier molecular flexibility index (Phi) is 5.37. The molecule has 0 unspecified atom stereocenters. The molecule has 1 saturated heterocycles. The van der Waals surface area contributed by atoms with E-state index in [1.807, 2.05) is 36.3 Å². The second-order valence-electron chi connectivity index (χ2n) is 5.75. The second kappa shape index (κ2) is 7.67. The van der Waals surface area contributed by atoms with Crippen LogP contribution in [0.15, 0.2) is 17.5 Å². The van der Waals surface area contributed by atoms with E-state index in [1.165, 1.54) is 11.3 Å². The molecule has 0 aliphatic carbocycles. The number of aryl methyl sites for hydroxylation is 2. The number of ether oxygens (including phenoxy) is 1. The largest absolute Gasteiger partial charge is 0.475 e. The summed E-state index contributed by atoms with van der Waals surface area (Å²) < 4.78 is 5.61. The van der Waals surface area contributed by atoms with Crippen LogP contribution in [0.4, 0.5) is 0 Å². The van der Waals surface area contributed by atoms with E-state index in [1.54, 1.807) is 0 Å². The van der Waals surface area contributed by atoms with Gasteiger partial charge in [0.05, 0.1) is 10.7 Å². The van der Waals surface area contributed by atoms with E-state index >= 15 is 0 Å². The lowest BCUT2D eigenvalue weighted by Crippen LogP contribution is -2.49. The van der Waals surface area contributed by atoms with Crippen molar-refractivity contribution in [2.75, 3.05) is 39.3 Å². The number of carbonyl (C=O) groups excluding carboxylic acids is 1. The molecule has 0 N–H and O–H groups in total. The summed E-state index contributed by atoms with van der Waals surface area (Å²) in [7, 11) is 0. The molecule has 0 spiro atoms. The fraction of sp³-hybridized carbons (Fsp3) is 0.500. The highest BCUT2D eigenvalue weighted by Crippen LogP contribution is 2.12. The summed E-state index contributed by atoms with van der Waals surface area (Å²) in [6.07, 6.45) is 0. The number of rotatable bonds is 5. The summed E-state index contributed by atoms with van der Waals surface area (Å²) in [5, 5.41) is 10.7. The minimum Gasteiger partial charge on any atom is -0.475 e. The van der Waals surface area contributed by atoms with Gasteiger partial charge in [0.25, 0.3) is 5.91 Å². The molecule has 2 aromatic rings. The minimum absolute atomic E-state index is 0.0326. The van der Waals surface area contributed by atoms with Crippen molar-refractivity contribution in [3.05, 3.63) is 33.9 Å². The monoisotopic (exact) mass is 347 g/mol. The normalized spacial score (nSPS) is 15.5. The lowest BCUT2D eigenvalue weighted by molar-refractivity contribution is 0.0614. The molecule has 3 rings (SSSR count). The zero-order valence-corrected chi connectivity index (χ0v) is 14.8. The molecular weight excluding hydrogens is 326 g/mol. The van der Waals surface area contributed by atoms with Gasteiger partial charge in [-0.05, 0) is 19.9 Å². The third-order valence-corrected chi connectivity index (χ3v) is 4.70. The van der Waals surface area contributed by atoms with Crippen LogP contribution in [0, 0.1) is 13.8 Å². The van der Waals surface area contributed by atoms with E-state index in [9.17, 15) is 4.79 Å². The Bertz CT molecular complexity index is 680. The average molecular weight is 347 g/mol. The van der Waals surface area contributed by atoms with Crippen LogP contribution >= 0.6 is 11.3 Å². The zero-order chi connectivity index (χ0) is 16.9. The Morgan fingerprint density at radius 1 is 1.21 bits per heavy atom. The first kappa shape index (κ1) is 16.8. The molecule has 0 bridgehead atoms. The summed E-state index contributed by atoms with van der Waals surface area (Å²) in [6.45, 7) is 8.32. The minimum atomic E-state index is 0.0326. The van der Waals surface area contributed by atoms with Gasteiger partial charge in [0.2, 0.25) is 5.88 Å². The molecule has 8 heteroatoms. The topological polar surface area (TPSA) is 71.5 Å². The van der Waals surface area contributed by atoms with Crippen molar-refractivity contribution in [2.45, 2.75) is 13.8 Å². The predicted molar refractivity (Wildman–Crippen MR) is 91.5 cm³/mol. The van der Waals surface area contributed by atoms with Crippen LogP contribution < -0.4 is 4.74 Å². The summed E-state index contributed by atoms with van der Waals surface area (Å²) in [5.41, 5.74) is 1.44. The summed E-state index contributed by atoms with van der Waals surface area (Å²) in [4.78, 5) is 20.8. The van der Waals surface area contributed by atoms with E-state index in [0.717, 1.165) is 43.4 Å². The highest BCUT2D eigenvalue weighted by Gasteiger charge is 2.23. The van der Waals surface area contributed by atoms with Gasteiger partial charge in [0.15, 0.2) is 0 Å². The lowest BCUT2D eigenvalue weighted by atomic mass is 10.3. The quantitative estimate of drug-likeness (QED) is 0.814. The number of hydrogen-bond acceptors (Lipinski definition) is 7. The van der Waals surface area contributed by atoms with Crippen molar-refractivity contribution in [2.24, 2.45) is 0 Å². The van der Waals surface area contributed by atoms with Gasteiger partial charge in [-0.3, -0.25) is 9.69 Å². The number of hydrogen-bond donors (Lipinski definition) is 0. The van der Waals surface area contributed by atoms with E-state index in [4.69, 9.17) is 4.74 Å². The van der Waals surface area contributed by atoms with Crippen molar-refractivity contribution in [1.82, 2.24) is 25.0 Å². The Morgan fingerprint density at radius 2 is 2.00 bits per heavy atom. The summed E-state index contributed by atoms with van der Waals surface area (Å²) >= 11 is 1.51. The fourth-order valence-corrected chi connectivity index (χ4v) is 3.13. The molecule has 0 aromatic carbocycles. The van der Waals surface area contributed by atoms with Crippen molar-refractivity contribution < 1.29 is 9.53 Å². The first-order valence-electron chi connectivity index (χ1n) is 7.99. The van der Waals surface area contributed by atoms with Crippen molar-refractivity contribution in [1.29, 1.82) is 0 Å². The van der Waals surface area contributed by atoms with Gasteiger partial charge in [-0.1, -0.05) is 0 Å². The molecule has 2 aromatic heterocycles. The SMILES string of the molecule is Cc1ccc(OCCN2CCN(C(=O)c3csc(C)n3)CC2)nn1. The highest BCUT2D eigenvalue weighted by atomic mass is 32.1. The maximum absolute atomic E-state index is 12.4. The van der Waals surface area contributed by atoms with Crippen LogP contribution in [0.2, 0.25) is 0 Å². The number of amides is 1. The van der Waals surface area contributed by atoms with Gasteiger partial charge in [-0.2, -0.15) is 5.10 Å². The number of thiazole rings is 1. The van der Waals surface area contributed by atoms with Gasteiger partial charge >= 0.3 is 0 Å². The summed E-state index contributed by atoms with van der Waals surface area (Å²) in [5.74, 6) is 0.582. The molecule has 1 fully saturated rings. The number of nitrogens with zero attached hydrogens (tertiary/aromatic N) is 5. The van der Waals surface area contributed by atoms with Gasteiger partial charge in [-0.15, -0.1) is 16.4 Å².